The van der Waals surface area contributed by atoms with E-state index in [1.165, 1.54) is 0 Å². The van der Waals surface area contributed by atoms with Gasteiger partial charge in [0.05, 0.1) is 11.2 Å². The van der Waals surface area contributed by atoms with Crippen LogP contribution >= 0.6 is 12.4 Å². The molecule has 6 heteroatoms. The number of pyridine rings is 1. The van der Waals surface area contributed by atoms with Crippen LogP contribution in [0, 0.1) is 6.92 Å². The predicted octanol–water partition coefficient (Wildman–Crippen LogP) is 4.09. The zero-order valence-corrected chi connectivity index (χ0v) is 13.7. The highest BCUT2D eigenvalue weighted by atomic mass is 35.5. The van der Waals surface area contributed by atoms with Gasteiger partial charge in [-0.1, -0.05) is 0 Å². The van der Waals surface area contributed by atoms with Gasteiger partial charge in [0, 0.05) is 17.0 Å². The minimum atomic E-state index is 0. The number of benzene rings is 2. The van der Waals surface area contributed by atoms with E-state index in [2.05, 4.69) is 13.0 Å². The molecule has 0 spiro atoms. The molecular weight excluding hydrogens is 330 g/mol. The van der Waals surface area contributed by atoms with E-state index < -0.39 is 0 Å². The minimum absolute atomic E-state index is 0. The standard InChI is InChI=1S/C18H13NO4.ClH/c1-10-4-13(11-2-3-15-16(5-11)21-8-20-15)19-14-7-18-17(6-12(10)14)22-9-23-18;/h2-7H,8-9H2,1H3;1H. The average Bonchev–Trinajstić information content (AvgIpc) is 3.20. The molecule has 1 aromatic heterocycles. The Hall–Kier alpha value is -2.66. The maximum Gasteiger partial charge on any atom is 0.231 e. The lowest BCUT2D eigenvalue weighted by Crippen LogP contribution is -1.93. The van der Waals surface area contributed by atoms with Gasteiger partial charge in [-0.25, -0.2) is 4.98 Å². The molecule has 0 aliphatic carbocycles. The van der Waals surface area contributed by atoms with Crippen LogP contribution in [0.15, 0.2) is 36.4 Å². The highest BCUT2D eigenvalue weighted by molar-refractivity contribution is 5.88. The molecule has 2 aliphatic heterocycles. The summed E-state index contributed by atoms with van der Waals surface area (Å²) in [5.41, 5.74) is 3.92. The van der Waals surface area contributed by atoms with Crippen molar-refractivity contribution in [3.05, 3.63) is 42.0 Å². The Kier molecular flexibility index (Phi) is 3.39. The molecule has 0 N–H and O–H groups in total. The van der Waals surface area contributed by atoms with Crippen molar-refractivity contribution in [3.8, 4) is 34.3 Å². The smallest absolute Gasteiger partial charge is 0.231 e. The molecule has 3 aromatic rings. The Morgan fingerprint density at radius 1 is 0.792 bits per heavy atom. The lowest BCUT2D eigenvalue weighted by atomic mass is 10.0. The normalized spacial score (nSPS) is 13.9. The monoisotopic (exact) mass is 343 g/mol. The first-order valence-corrected chi connectivity index (χ1v) is 7.39. The zero-order chi connectivity index (χ0) is 15.4. The number of fused-ring (bicyclic) bond motifs is 3. The van der Waals surface area contributed by atoms with Crippen LogP contribution < -0.4 is 18.9 Å². The zero-order valence-electron chi connectivity index (χ0n) is 12.9. The van der Waals surface area contributed by atoms with E-state index in [0.29, 0.717) is 0 Å². The van der Waals surface area contributed by atoms with Gasteiger partial charge in [0.2, 0.25) is 13.6 Å². The molecule has 24 heavy (non-hydrogen) atoms. The van der Waals surface area contributed by atoms with Gasteiger partial charge in [-0.05, 0) is 42.8 Å². The third-order valence-electron chi connectivity index (χ3n) is 4.18. The number of rotatable bonds is 1. The van der Waals surface area contributed by atoms with Crippen LogP contribution in [0.4, 0.5) is 0 Å². The molecule has 0 amide bonds. The summed E-state index contributed by atoms with van der Waals surface area (Å²) in [6.45, 7) is 2.61. The summed E-state index contributed by atoms with van der Waals surface area (Å²) in [7, 11) is 0. The second-order valence-corrected chi connectivity index (χ2v) is 5.62. The van der Waals surface area contributed by atoms with E-state index in [1.807, 2.05) is 30.3 Å². The van der Waals surface area contributed by atoms with Gasteiger partial charge in [0.1, 0.15) is 0 Å². The molecule has 0 bridgehead atoms. The van der Waals surface area contributed by atoms with Gasteiger partial charge in [-0.3, -0.25) is 0 Å². The van der Waals surface area contributed by atoms with Crippen molar-refractivity contribution in [3.63, 3.8) is 0 Å². The molecule has 0 radical (unpaired) electrons. The molecule has 5 nitrogen and oxygen atoms in total. The maximum absolute atomic E-state index is 5.45. The van der Waals surface area contributed by atoms with Crippen LogP contribution in [0.5, 0.6) is 23.0 Å². The fourth-order valence-corrected chi connectivity index (χ4v) is 2.99. The number of ether oxygens (including phenoxy) is 4. The lowest BCUT2D eigenvalue weighted by molar-refractivity contribution is 0.173. The SMILES string of the molecule is Cc1cc(-c2ccc3c(c2)OCO3)nc2cc3c(cc12)OCO3.Cl. The number of hydrogen-bond donors (Lipinski definition) is 0. The van der Waals surface area contributed by atoms with Crippen LogP contribution in [0.25, 0.3) is 22.2 Å². The minimum Gasteiger partial charge on any atom is -0.454 e. The van der Waals surface area contributed by atoms with Crippen LogP contribution in [-0.2, 0) is 0 Å². The first-order chi connectivity index (χ1) is 11.3. The van der Waals surface area contributed by atoms with E-state index in [0.717, 1.165) is 50.7 Å². The van der Waals surface area contributed by atoms with Gasteiger partial charge in [-0.2, -0.15) is 0 Å². The first-order valence-electron chi connectivity index (χ1n) is 7.39. The van der Waals surface area contributed by atoms with E-state index in [-0.39, 0.29) is 26.0 Å². The van der Waals surface area contributed by atoms with Gasteiger partial charge in [0.25, 0.3) is 0 Å². The summed E-state index contributed by atoms with van der Waals surface area (Å²) in [4.78, 5) is 4.78. The molecular formula is C18H14ClNO4. The molecule has 122 valence electrons. The second kappa shape index (κ2) is 5.46. The largest absolute Gasteiger partial charge is 0.454 e. The van der Waals surface area contributed by atoms with Crippen molar-refractivity contribution in [2.75, 3.05) is 13.6 Å². The third kappa shape index (κ3) is 2.20. The van der Waals surface area contributed by atoms with Crippen molar-refractivity contribution in [2.24, 2.45) is 0 Å². The summed E-state index contributed by atoms with van der Waals surface area (Å²) in [6, 6.07) is 11.9. The van der Waals surface area contributed by atoms with Crippen molar-refractivity contribution >= 4 is 23.3 Å². The van der Waals surface area contributed by atoms with Crippen molar-refractivity contribution < 1.29 is 18.9 Å². The number of nitrogens with zero attached hydrogens (tertiary/aromatic N) is 1. The number of halogens is 1. The van der Waals surface area contributed by atoms with Crippen LogP contribution in [-0.4, -0.2) is 18.6 Å². The Morgan fingerprint density at radius 2 is 1.46 bits per heavy atom. The van der Waals surface area contributed by atoms with Crippen molar-refractivity contribution in [1.82, 2.24) is 4.98 Å². The second-order valence-electron chi connectivity index (χ2n) is 5.62. The molecule has 2 aromatic carbocycles. The van der Waals surface area contributed by atoms with Gasteiger partial charge in [-0.15, -0.1) is 12.4 Å². The quantitative estimate of drug-likeness (QED) is 0.666. The molecule has 3 heterocycles. The molecule has 0 atom stereocenters. The van der Waals surface area contributed by atoms with Gasteiger partial charge < -0.3 is 18.9 Å². The van der Waals surface area contributed by atoms with E-state index in [4.69, 9.17) is 23.9 Å². The third-order valence-corrected chi connectivity index (χ3v) is 4.18. The van der Waals surface area contributed by atoms with E-state index in [9.17, 15) is 0 Å². The fraction of sp³-hybridized carbons (Fsp3) is 0.167. The first kappa shape index (κ1) is 14.9. The van der Waals surface area contributed by atoms with Crippen LogP contribution in [0.2, 0.25) is 0 Å². The molecule has 0 fully saturated rings. The summed E-state index contributed by atoms with van der Waals surface area (Å²) in [5.74, 6) is 3.05. The molecule has 2 aliphatic rings. The molecule has 0 unspecified atom stereocenters. The summed E-state index contributed by atoms with van der Waals surface area (Å²) in [5, 5.41) is 1.07. The predicted molar refractivity (Wildman–Crippen MR) is 91.4 cm³/mol. The Morgan fingerprint density at radius 3 is 2.25 bits per heavy atom. The van der Waals surface area contributed by atoms with E-state index in [1.54, 1.807) is 0 Å². The van der Waals surface area contributed by atoms with Crippen LogP contribution in [0.3, 0.4) is 0 Å². The number of aromatic nitrogens is 1. The molecule has 0 saturated heterocycles. The molecule has 5 rings (SSSR count). The summed E-state index contributed by atoms with van der Waals surface area (Å²) in [6.07, 6.45) is 0. The summed E-state index contributed by atoms with van der Waals surface area (Å²) >= 11 is 0. The Labute approximate surface area is 144 Å². The van der Waals surface area contributed by atoms with Gasteiger partial charge in [0.15, 0.2) is 23.0 Å². The topological polar surface area (TPSA) is 49.8 Å². The van der Waals surface area contributed by atoms with Crippen molar-refractivity contribution in [1.29, 1.82) is 0 Å². The lowest BCUT2D eigenvalue weighted by Gasteiger charge is -2.08. The number of hydrogen-bond acceptors (Lipinski definition) is 5. The highest BCUT2D eigenvalue weighted by Crippen LogP contribution is 2.39. The summed E-state index contributed by atoms with van der Waals surface area (Å²) < 4.78 is 21.7. The van der Waals surface area contributed by atoms with Crippen molar-refractivity contribution in [2.45, 2.75) is 6.92 Å². The fourth-order valence-electron chi connectivity index (χ4n) is 2.99. The van der Waals surface area contributed by atoms with Gasteiger partial charge >= 0.3 is 0 Å². The molecule has 0 saturated carbocycles. The van der Waals surface area contributed by atoms with E-state index >= 15 is 0 Å². The average molecular weight is 344 g/mol. The number of aryl methyl sites for hydroxylation is 1. The maximum atomic E-state index is 5.45. The van der Waals surface area contributed by atoms with Crippen LogP contribution in [0.1, 0.15) is 5.56 Å². The Bertz CT molecular complexity index is 957. The Balaban J connectivity index is 0.00000146. The highest BCUT2D eigenvalue weighted by Gasteiger charge is 2.18.